The Balaban J connectivity index is 1.57. The summed E-state index contributed by atoms with van der Waals surface area (Å²) < 4.78 is 16.4. The number of pyridine rings is 1. The van der Waals surface area contributed by atoms with E-state index in [1.54, 1.807) is 11.1 Å². The number of aromatic nitrogens is 1. The van der Waals surface area contributed by atoms with E-state index in [0.717, 1.165) is 36.8 Å². The summed E-state index contributed by atoms with van der Waals surface area (Å²) in [6.07, 6.45) is 5.38. The van der Waals surface area contributed by atoms with Gasteiger partial charge in [-0.1, -0.05) is 0 Å². The van der Waals surface area contributed by atoms with Crippen molar-refractivity contribution in [1.29, 1.82) is 0 Å². The second-order valence-corrected chi connectivity index (χ2v) is 9.41. The molecule has 0 unspecified atom stereocenters. The number of nitrogens with zero attached hydrogens (tertiary/aromatic N) is 2. The summed E-state index contributed by atoms with van der Waals surface area (Å²) in [5, 5.41) is 0. The van der Waals surface area contributed by atoms with Gasteiger partial charge in [0, 0.05) is 30.9 Å². The molecule has 31 heavy (non-hydrogen) atoms. The number of likely N-dealkylation sites (tertiary alicyclic amines) is 1. The smallest absolute Gasteiger partial charge is 0.410 e. The highest BCUT2D eigenvalue weighted by atomic mass is 16.6. The number of rotatable bonds is 6. The molecule has 0 atom stereocenters. The van der Waals surface area contributed by atoms with Crippen molar-refractivity contribution in [3.63, 3.8) is 0 Å². The van der Waals surface area contributed by atoms with Crippen LogP contribution in [0.3, 0.4) is 0 Å². The molecule has 0 aromatic carbocycles. The number of hydrogen-bond acceptors (Lipinski definition) is 6. The van der Waals surface area contributed by atoms with E-state index in [-0.39, 0.29) is 12.1 Å². The molecule has 7 nitrogen and oxygen atoms in total. The molecule has 1 amide bonds. The molecule has 2 fully saturated rings. The zero-order valence-electron chi connectivity index (χ0n) is 19.3. The SMILES string of the molecule is COC(=O)/C(C)=C(\c1ccnc(OCC2CCN(C(=O)OC(C)(C)C)CC2)c1)C1CC1. The number of hydrogen-bond donors (Lipinski definition) is 0. The van der Waals surface area contributed by atoms with Gasteiger partial charge >= 0.3 is 12.1 Å². The Morgan fingerprint density at radius 1 is 1.16 bits per heavy atom. The second kappa shape index (κ2) is 9.71. The normalized spacial score (nSPS) is 18.3. The highest BCUT2D eigenvalue weighted by Crippen LogP contribution is 2.44. The lowest BCUT2D eigenvalue weighted by atomic mass is 9.97. The van der Waals surface area contributed by atoms with Gasteiger partial charge in [0.15, 0.2) is 0 Å². The third-order valence-electron chi connectivity index (χ3n) is 5.66. The van der Waals surface area contributed by atoms with Gasteiger partial charge in [0.25, 0.3) is 0 Å². The van der Waals surface area contributed by atoms with Crippen molar-refractivity contribution in [2.45, 2.75) is 59.0 Å². The number of allylic oxidation sites excluding steroid dienone is 1. The van der Waals surface area contributed by atoms with E-state index < -0.39 is 5.60 Å². The number of carbonyl (C=O) groups is 2. The minimum atomic E-state index is -0.478. The fourth-order valence-electron chi connectivity index (χ4n) is 3.86. The van der Waals surface area contributed by atoms with Crippen LogP contribution in [0.1, 0.15) is 58.9 Å². The first-order valence-electron chi connectivity index (χ1n) is 11.0. The topological polar surface area (TPSA) is 78.0 Å². The number of ether oxygens (including phenoxy) is 3. The minimum Gasteiger partial charge on any atom is -0.477 e. The summed E-state index contributed by atoms with van der Waals surface area (Å²) in [5.74, 6) is 1.02. The Morgan fingerprint density at radius 2 is 1.84 bits per heavy atom. The van der Waals surface area contributed by atoms with Gasteiger partial charge in [-0.25, -0.2) is 14.6 Å². The lowest BCUT2D eigenvalue weighted by Crippen LogP contribution is -2.42. The maximum atomic E-state index is 12.2. The molecule has 1 aromatic heterocycles. The summed E-state index contributed by atoms with van der Waals surface area (Å²) in [7, 11) is 1.41. The van der Waals surface area contributed by atoms with Gasteiger partial charge < -0.3 is 19.1 Å². The van der Waals surface area contributed by atoms with Crippen LogP contribution in [0.15, 0.2) is 23.9 Å². The first kappa shape index (κ1) is 23.1. The maximum Gasteiger partial charge on any atom is 0.410 e. The quantitative estimate of drug-likeness (QED) is 0.490. The summed E-state index contributed by atoms with van der Waals surface area (Å²) in [4.78, 5) is 30.4. The Hall–Kier alpha value is -2.57. The maximum absolute atomic E-state index is 12.2. The number of methoxy groups -OCH3 is 1. The van der Waals surface area contributed by atoms with Gasteiger partial charge in [0.2, 0.25) is 5.88 Å². The largest absolute Gasteiger partial charge is 0.477 e. The number of piperidine rings is 1. The van der Waals surface area contributed by atoms with Gasteiger partial charge in [-0.15, -0.1) is 0 Å². The number of carbonyl (C=O) groups excluding carboxylic acids is 2. The molecule has 2 aliphatic rings. The summed E-state index contributed by atoms with van der Waals surface area (Å²) in [6, 6.07) is 3.84. The van der Waals surface area contributed by atoms with E-state index in [2.05, 4.69) is 4.98 Å². The molecule has 0 N–H and O–H groups in total. The molecule has 0 bridgehead atoms. The second-order valence-electron chi connectivity index (χ2n) is 9.41. The van der Waals surface area contributed by atoms with Crippen LogP contribution in [0.25, 0.3) is 5.57 Å². The molecule has 170 valence electrons. The molecule has 1 aliphatic heterocycles. The van der Waals surface area contributed by atoms with Crippen LogP contribution >= 0.6 is 0 Å². The molecule has 0 spiro atoms. The van der Waals surface area contributed by atoms with Crippen molar-refractivity contribution >= 4 is 17.6 Å². The minimum absolute atomic E-state index is 0.249. The Bertz CT molecular complexity index is 831. The average Bonchev–Trinajstić information content (AvgIpc) is 3.56. The van der Waals surface area contributed by atoms with Crippen LogP contribution < -0.4 is 4.74 Å². The van der Waals surface area contributed by atoms with E-state index in [0.29, 0.717) is 43.0 Å². The highest BCUT2D eigenvalue weighted by Gasteiger charge is 2.31. The number of esters is 1. The Morgan fingerprint density at radius 3 is 2.42 bits per heavy atom. The molecule has 1 aliphatic carbocycles. The van der Waals surface area contributed by atoms with Crippen molar-refractivity contribution in [3.05, 3.63) is 29.5 Å². The van der Waals surface area contributed by atoms with Crippen LogP contribution in [0, 0.1) is 11.8 Å². The van der Waals surface area contributed by atoms with Crippen molar-refractivity contribution in [2.24, 2.45) is 11.8 Å². The average molecular weight is 431 g/mol. The lowest BCUT2D eigenvalue weighted by molar-refractivity contribution is -0.136. The first-order chi connectivity index (χ1) is 14.7. The zero-order valence-corrected chi connectivity index (χ0v) is 19.3. The van der Waals surface area contributed by atoms with Gasteiger partial charge in [-0.05, 0) is 82.4 Å². The summed E-state index contributed by atoms with van der Waals surface area (Å²) in [5.41, 5.74) is 2.17. The Labute approximate surface area is 184 Å². The van der Waals surface area contributed by atoms with Gasteiger partial charge in [0.1, 0.15) is 5.60 Å². The fraction of sp³-hybridized carbons (Fsp3) is 0.625. The molecule has 3 rings (SSSR count). The fourth-order valence-corrected chi connectivity index (χ4v) is 3.86. The van der Waals surface area contributed by atoms with Crippen LogP contribution in [0.5, 0.6) is 5.88 Å². The number of amides is 1. The molecular formula is C24H34N2O5. The molecular weight excluding hydrogens is 396 g/mol. The molecule has 2 heterocycles. The van der Waals surface area contributed by atoms with Crippen molar-refractivity contribution in [2.75, 3.05) is 26.8 Å². The Kier molecular flexibility index (Phi) is 7.23. The molecule has 1 saturated heterocycles. The van der Waals surface area contributed by atoms with Crippen LogP contribution in [-0.2, 0) is 14.3 Å². The third kappa shape index (κ3) is 6.45. The molecule has 7 heteroatoms. The van der Waals surface area contributed by atoms with Crippen LogP contribution in [0.4, 0.5) is 4.79 Å². The summed E-state index contributed by atoms with van der Waals surface area (Å²) in [6.45, 7) is 9.35. The van der Waals surface area contributed by atoms with E-state index in [1.165, 1.54) is 7.11 Å². The predicted molar refractivity (Wildman–Crippen MR) is 118 cm³/mol. The summed E-state index contributed by atoms with van der Waals surface area (Å²) >= 11 is 0. The molecule has 1 aromatic rings. The third-order valence-corrected chi connectivity index (χ3v) is 5.66. The highest BCUT2D eigenvalue weighted by molar-refractivity contribution is 5.97. The van der Waals surface area contributed by atoms with E-state index >= 15 is 0 Å². The van der Waals surface area contributed by atoms with E-state index in [4.69, 9.17) is 14.2 Å². The van der Waals surface area contributed by atoms with E-state index in [1.807, 2.05) is 39.8 Å². The van der Waals surface area contributed by atoms with Crippen LogP contribution in [0.2, 0.25) is 0 Å². The van der Waals surface area contributed by atoms with Crippen LogP contribution in [-0.4, -0.2) is 54.4 Å². The standard InChI is InChI=1S/C24H34N2O5/c1-16(22(27)29-5)21(18-6-7-18)19-8-11-25-20(14-19)30-15-17-9-12-26(13-10-17)23(28)31-24(2,3)4/h8,11,14,17-18H,6-7,9-10,12-13,15H2,1-5H3/b21-16-. The van der Waals surface area contributed by atoms with Gasteiger partial charge in [0.05, 0.1) is 13.7 Å². The first-order valence-corrected chi connectivity index (χ1v) is 11.0. The zero-order chi connectivity index (χ0) is 22.6. The molecule has 1 saturated carbocycles. The van der Waals surface area contributed by atoms with Crippen molar-refractivity contribution in [1.82, 2.24) is 9.88 Å². The van der Waals surface area contributed by atoms with Gasteiger partial charge in [-0.2, -0.15) is 0 Å². The monoisotopic (exact) mass is 430 g/mol. The predicted octanol–water partition coefficient (Wildman–Crippen LogP) is 4.46. The van der Waals surface area contributed by atoms with Gasteiger partial charge in [-0.3, -0.25) is 0 Å². The van der Waals surface area contributed by atoms with Crippen molar-refractivity contribution < 1.29 is 23.8 Å². The van der Waals surface area contributed by atoms with E-state index in [9.17, 15) is 9.59 Å². The van der Waals surface area contributed by atoms with Crippen molar-refractivity contribution in [3.8, 4) is 5.88 Å². The lowest BCUT2D eigenvalue weighted by Gasteiger charge is -2.33. The molecule has 0 radical (unpaired) electrons.